The van der Waals surface area contributed by atoms with E-state index >= 15 is 0 Å². The second-order valence-electron chi connectivity index (χ2n) is 1.02. The van der Waals surface area contributed by atoms with Gasteiger partial charge in [0.15, 0.2) is 0 Å². The molecular formula is C4H8O. The van der Waals surface area contributed by atoms with Crippen molar-refractivity contribution >= 4 is 0 Å². The Labute approximate surface area is 37.2 Å². The molecule has 0 aromatic carbocycles. The van der Waals surface area contributed by atoms with Crippen molar-refractivity contribution in [2.75, 3.05) is 6.61 Å². The Hall–Kier alpha value is -0.0400. The number of rotatable bonds is 1. The summed E-state index contributed by atoms with van der Waals surface area (Å²) in [5, 5.41) is 8.40. The van der Waals surface area contributed by atoms with Crippen LogP contribution in [-0.4, -0.2) is 11.7 Å². The van der Waals surface area contributed by atoms with E-state index in [4.69, 9.17) is 10.6 Å². The van der Waals surface area contributed by atoms with E-state index in [0.29, 0.717) is 0 Å². The lowest BCUT2D eigenvalue weighted by Gasteiger charge is -1.73. The standard InChI is InChI=1S/C4H8O/c5-3-4-1-2-4/h4-5H,1-3H2/i1D2,2D2. The van der Waals surface area contributed by atoms with Crippen LogP contribution in [0.25, 0.3) is 0 Å². The Balaban J connectivity index is 2.66. The first-order chi connectivity index (χ1) is 3.94. The number of hydrogen-bond acceptors (Lipinski definition) is 1. The minimum Gasteiger partial charge on any atom is -0.396 e. The van der Waals surface area contributed by atoms with E-state index in [1.54, 1.807) is 0 Å². The van der Waals surface area contributed by atoms with Gasteiger partial charge in [0.25, 0.3) is 0 Å². The van der Waals surface area contributed by atoms with E-state index in [1.165, 1.54) is 0 Å². The highest BCUT2D eigenvalue weighted by Crippen LogP contribution is 2.27. The summed E-state index contributed by atoms with van der Waals surface area (Å²) < 4.78 is 27.8. The molecule has 0 bridgehead atoms. The Bertz CT molecular complexity index is 119. The average molecular weight is 76.1 g/mol. The molecule has 1 N–H and O–H groups in total. The Morgan fingerprint density at radius 3 is 2.60 bits per heavy atom. The van der Waals surface area contributed by atoms with E-state index < -0.39 is 25.3 Å². The lowest BCUT2D eigenvalue weighted by Crippen LogP contribution is -1.78. The fraction of sp³-hybridized carbons (Fsp3) is 1.00. The molecule has 1 aliphatic rings. The molecule has 1 fully saturated rings. The van der Waals surface area contributed by atoms with E-state index in [9.17, 15) is 0 Å². The third kappa shape index (κ3) is 0.618. The summed E-state index contributed by atoms with van der Waals surface area (Å²) in [6.07, 6.45) is -3.61. The first-order valence-electron chi connectivity index (χ1n) is 3.55. The van der Waals surface area contributed by atoms with Gasteiger partial charge in [0.1, 0.15) is 0 Å². The molecule has 0 heterocycles. The van der Waals surface area contributed by atoms with E-state index in [0.717, 1.165) is 0 Å². The van der Waals surface area contributed by atoms with Gasteiger partial charge in [-0.3, -0.25) is 0 Å². The molecule has 5 heavy (non-hydrogen) atoms. The molecule has 1 rings (SSSR count). The second-order valence-corrected chi connectivity index (χ2v) is 1.02. The molecular weight excluding hydrogens is 64.0 g/mol. The van der Waals surface area contributed by atoms with Crippen LogP contribution in [0.1, 0.15) is 18.2 Å². The zero-order chi connectivity index (χ0) is 7.28. The molecule has 1 nitrogen and oxygen atoms in total. The number of hydrogen-bond donors (Lipinski definition) is 1. The molecule has 1 heteroatoms. The van der Waals surface area contributed by atoms with Gasteiger partial charge in [-0.25, -0.2) is 0 Å². The molecule has 0 unspecified atom stereocenters. The van der Waals surface area contributed by atoms with Crippen molar-refractivity contribution in [3.63, 3.8) is 0 Å². The normalized spacial score (nSPS) is 55.4. The van der Waals surface area contributed by atoms with Crippen LogP contribution >= 0.6 is 0 Å². The van der Waals surface area contributed by atoms with Crippen LogP contribution in [-0.2, 0) is 0 Å². The smallest absolute Gasteiger partial charge is 0.0459 e. The van der Waals surface area contributed by atoms with Crippen LogP contribution in [0.15, 0.2) is 0 Å². The Morgan fingerprint density at radius 1 is 2.00 bits per heavy atom. The average Bonchev–Trinajstić information content (AvgIpc) is 2.00. The van der Waals surface area contributed by atoms with Gasteiger partial charge in [-0.1, -0.05) is 0 Å². The molecule has 0 aliphatic heterocycles. The first-order valence-corrected chi connectivity index (χ1v) is 1.55. The predicted molar refractivity (Wildman–Crippen MR) is 19.8 cm³/mol. The maximum absolute atomic E-state index is 8.40. The summed E-state index contributed by atoms with van der Waals surface area (Å²) in [5.74, 6) is -0.815. The molecule has 0 saturated heterocycles. The minimum atomic E-state index is -1.80. The van der Waals surface area contributed by atoms with Gasteiger partial charge in [-0.05, 0) is 18.7 Å². The molecule has 0 aromatic heterocycles. The van der Waals surface area contributed by atoms with Crippen molar-refractivity contribution in [3.05, 3.63) is 0 Å². The highest BCUT2D eigenvalue weighted by molar-refractivity contribution is 4.70. The fourth-order valence-electron chi connectivity index (χ4n) is 0.150. The van der Waals surface area contributed by atoms with Crippen LogP contribution in [0.3, 0.4) is 0 Å². The molecule has 0 aromatic rings. The Kier molecular flexibility index (Phi) is 0.189. The van der Waals surface area contributed by atoms with Crippen molar-refractivity contribution in [2.24, 2.45) is 5.92 Å². The van der Waals surface area contributed by atoms with Gasteiger partial charge in [-0.2, -0.15) is 0 Å². The second kappa shape index (κ2) is 0.977. The SMILES string of the molecule is [2H]C1([2H])C(CO)C1([2H])[2H]. The van der Waals surface area contributed by atoms with Crippen molar-refractivity contribution in [1.29, 1.82) is 0 Å². The van der Waals surface area contributed by atoms with Gasteiger partial charge in [0.2, 0.25) is 0 Å². The predicted octanol–water partition coefficient (Wildman–Crippen LogP) is 0.389. The summed E-state index contributed by atoms with van der Waals surface area (Å²) in [4.78, 5) is 0. The third-order valence-corrected chi connectivity index (χ3v) is 0.531. The van der Waals surface area contributed by atoms with E-state index in [1.807, 2.05) is 0 Å². The maximum Gasteiger partial charge on any atom is 0.0459 e. The molecule has 0 amide bonds. The van der Waals surface area contributed by atoms with Crippen LogP contribution in [0.5, 0.6) is 0 Å². The van der Waals surface area contributed by atoms with Gasteiger partial charge in [-0.15, -0.1) is 0 Å². The van der Waals surface area contributed by atoms with Crippen LogP contribution in [0.4, 0.5) is 0 Å². The van der Waals surface area contributed by atoms with Gasteiger partial charge < -0.3 is 5.11 Å². The van der Waals surface area contributed by atoms with Gasteiger partial charge in [0, 0.05) is 12.1 Å². The topological polar surface area (TPSA) is 20.2 Å². The fourth-order valence-corrected chi connectivity index (χ4v) is 0.150. The third-order valence-electron chi connectivity index (χ3n) is 0.531. The summed E-state index contributed by atoms with van der Waals surface area (Å²) in [7, 11) is 0. The highest BCUT2D eigenvalue weighted by Gasteiger charge is 2.18. The summed E-state index contributed by atoms with van der Waals surface area (Å²) in [5.41, 5.74) is 0. The first kappa shape index (κ1) is 0.969. The van der Waals surface area contributed by atoms with E-state index in [2.05, 4.69) is 0 Å². The van der Waals surface area contributed by atoms with Crippen molar-refractivity contribution in [1.82, 2.24) is 0 Å². The van der Waals surface area contributed by atoms with Crippen molar-refractivity contribution in [2.45, 2.75) is 12.7 Å². The van der Waals surface area contributed by atoms with Gasteiger partial charge in [0.05, 0.1) is 0 Å². The minimum absolute atomic E-state index is 0.403. The summed E-state index contributed by atoms with van der Waals surface area (Å²) >= 11 is 0. The molecule has 0 atom stereocenters. The zero-order valence-electron chi connectivity index (χ0n) is 6.73. The quantitative estimate of drug-likeness (QED) is 0.479. The summed E-state index contributed by atoms with van der Waals surface area (Å²) in [6.45, 7) is -0.403. The van der Waals surface area contributed by atoms with Crippen LogP contribution in [0.2, 0.25) is 0 Å². The van der Waals surface area contributed by atoms with Crippen LogP contribution in [0, 0.1) is 5.92 Å². The largest absolute Gasteiger partial charge is 0.396 e. The van der Waals surface area contributed by atoms with Crippen LogP contribution < -0.4 is 0 Å². The molecule has 1 saturated carbocycles. The van der Waals surface area contributed by atoms with Crippen molar-refractivity contribution in [3.8, 4) is 0 Å². The summed E-state index contributed by atoms with van der Waals surface area (Å²) in [6, 6.07) is 0. The molecule has 1 aliphatic carbocycles. The lowest BCUT2D eigenvalue weighted by molar-refractivity contribution is 0.277. The van der Waals surface area contributed by atoms with Gasteiger partial charge >= 0.3 is 0 Å². The zero-order valence-corrected chi connectivity index (χ0v) is 2.73. The monoisotopic (exact) mass is 76.1 g/mol. The molecule has 30 valence electrons. The molecule has 0 radical (unpaired) electrons. The Morgan fingerprint density at radius 2 is 2.60 bits per heavy atom. The molecule has 0 spiro atoms. The lowest BCUT2D eigenvalue weighted by atomic mass is 10.5. The van der Waals surface area contributed by atoms with Crippen molar-refractivity contribution < 1.29 is 10.6 Å². The number of aliphatic hydroxyl groups excluding tert-OH is 1. The number of aliphatic hydroxyl groups is 1. The van der Waals surface area contributed by atoms with E-state index in [-0.39, 0.29) is 0 Å². The maximum atomic E-state index is 8.40. The highest BCUT2D eigenvalue weighted by atomic mass is 16.3.